The number of allylic oxidation sites excluding steroid dienone is 2. The molecule has 0 aliphatic heterocycles. The van der Waals surface area contributed by atoms with Gasteiger partial charge in [-0.05, 0) is 29.8 Å². The molecule has 1 aromatic rings. The summed E-state index contributed by atoms with van der Waals surface area (Å²) >= 11 is 11.8. The second kappa shape index (κ2) is 5.00. The molecule has 0 aromatic heterocycles. The summed E-state index contributed by atoms with van der Waals surface area (Å²) in [5.74, 6) is 0. The number of benzene rings is 1. The topological polar surface area (TPSA) is 55.2 Å². The molecule has 0 fully saturated rings. The van der Waals surface area contributed by atoms with Crippen LogP contribution in [-0.4, -0.2) is 16.0 Å². The third kappa shape index (κ3) is 2.49. The standard InChI is InChI=1S/C12H10Cl2N2O2/c13-9-6-7-11(12(14,8-9)16(17)18)15-10-4-2-1-3-5-10/h1-8,11,15H. The van der Waals surface area contributed by atoms with E-state index in [1.165, 1.54) is 6.08 Å². The van der Waals surface area contributed by atoms with Crippen molar-refractivity contribution in [3.63, 3.8) is 0 Å². The predicted molar refractivity (Wildman–Crippen MR) is 72.5 cm³/mol. The Labute approximate surface area is 114 Å². The number of hydrogen-bond acceptors (Lipinski definition) is 3. The summed E-state index contributed by atoms with van der Waals surface area (Å²) in [5, 5.41) is 14.4. The van der Waals surface area contributed by atoms with Crippen molar-refractivity contribution >= 4 is 28.9 Å². The molecule has 2 atom stereocenters. The third-order valence-electron chi connectivity index (χ3n) is 2.60. The summed E-state index contributed by atoms with van der Waals surface area (Å²) in [6.45, 7) is 0. The van der Waals surface area contributed by atoms with E-state index in [1.54, 1.807) is 12.2 Å². The lowest BCUT2D eigenvalue weighted by molar-refractivity contribution is -0.528. The Morgan fingerprint density at radius 2 is 2.00 bits per heavy atom. The summed E-state index contributed by atoms with van der Waals surface area (Å²) in [5.41, 5.74) is 0.755. The van der Waals surface area contributed by atoms with E-state index in [9.17, 15) is 10.1 Å². The molecule has 1 aliphatic carbocycles. The molecule has 4 nitrogen and oxygen atoms in total. The molecule has 6 heteroatoms. The minimum Gasteiger partial charge on any atom is -0.371 e. The Balaban J connectivity index is 2.27. The van der Waals surface area contributed by atoms with Gasteiger partial charge in [0.15, 0.2) is 0 Å². The van der Waals surface area contributed by atoms with Gasteiger partial charge in [-0.2, -0.15) is 0 Å². The highest BCUT2D eigenvalue weighted by atomic mass is 35.5. The average Bonchev–Trinajstić information content (AvgIpc) is 2.34. The van der Waals surface area contributed by atoms with Crippen LogP contribution in [0, 0.1) is 10.1 Å². The normalized spacial score (nSPS) is 26.6. The predicted octanol–water partition coefficient (Wildman–Crippen LogP) is 3.37. The van der Waals surface area contributed by atoms with Crippen LogP contribution in [0.1, 0.15) is 0 Å². The minimum atomic E-state index is -1.78. The molecular weight excluding hydrogens is 275 g/mol. The van der Waals surface area contributed by atoms with Gasteiger partial charge in [-0.1, -0.05) is 35.9 Å². The maximum atomic E-state index is 11.1. The lowest BCUT2D eigenvalue weighted by Gasteiger charge is -2.27. The molecule has 2 rings (SSSR count). The summed E-state index contributed by atoms with van der Waals surface area (Å²) < 4.78 is 0. The van der Waals surface area contributed by atoms with Crippen molar-refractivity contribution in [2.45, 2.75) is 11.0 Å². The van der Waals surface area contributed by atoms with E-state index in [1.807, 2.05) is 30.3 Å². The molecule has 1 N–H and O–H groups in total. The van der Waals surface area contributed by atoms with Crippen LogP contribution < -0.4 is 5.32 Å². The lowest BCUT2D eigenvalue weighted by atomic mass is 10.0. The molecule has 2 unspecified atom stereocenters. The molecule has 0 heterocycles. The largest absolute Gasteiger partial charge is 0.371 e. The van der Waals surface area contributed by atoms with Crippen molar-refractivity contribution in [2.75, 3.05) is 5.32 Å². The van der Waals surface area contributed by atoms with E-state index >= 15 is 0 Å². The number of alkyl halides is 1. The van der Waals surface area contributed by atoms with E-state index in [0.717, 1.165) is 5.69 Å². The summed E-state index contributed by atoms with van der Waals surface area (Å²) in [7, 11) is 0. The first kappa shape index (κ1) is 12.9. The molecule has 1 aliphatic rings. The fourth-order valence-electron chi connectivity index (χ4n) is 1.68. The number of para-hydroxylation sites is 1. The number of halogens is 2. The number of anilines is 1. The quantitative estimate of drug-likeness (QED) is 0.401. The first-order valence-corrected chi connectivity index (χ1v) is 5.99. The van der Waals surface area contributed by atoms with E-state index in [-0.39, 0.29) is 5.03 Å². The van der Waals surface area contributed by atoms with Crippen molar-refractivity contribution < 1.29 is 4.92 Å². The fourth-order valence-corrected chi connectivity index (χ4v) is 2.22. The Morgan fingerprint density at radius 1 is 1.33 bits per heavy atom. The monoisotopic (exact) mass is 284 g/mol. The molecule has 18 heavy (non-hydrogen) atoms. The zero-order valence-corrected chi connectivity index (χ0v) is 10.7. The molecule has 0 bridgehead atoms. The van der Waals surface area contributed by atoms with Gasteiger partial charge in [0.1, 0.15) is 6.04 Å². The van der Waals surface area contributed by atoms with Crippen LogP contribution in [0.15, 0.2) is 53.6 Å². The van der Waals surface area contributed by atoms with Gasteiger partial charge in [-0.15, -0.1) is 0 Å². The second-order valence-corrected chi connectivity index (χ2v) is 4.90. The van der Waals surface area contributed by atoms with Crippen molar-refractivity contribution in [1.29, 1.82) is 0 Å². The molecule has 94 valence electrons. The van der Waals surface area contributed by atoms with Crippen LogP contribution in [0.5, 0.6) is 0 Å². The number of hydrogen-bond donors (Lipinski definition) is 1. The molecule has 1 aromatic carbocycles. The van der Waals surface area contributed by atoms with E-state index in [4.69, 9.17) is 23.2 Å². The number of nitrogens with one attached hydrogen (secondary N) is 1. The van der Waals surface area contributed by atoms with Gasteiger partial charge in [-0.3, -0.25) is 10.1 Å². The van der Waals surface area contributed by atoms with Gasteiger partial charge in [0, 0.05) is 21.7 Å². The van der Waals surface area contributed by atoms with Crippen LogP contribution in [0.25, 0.3) is 0 Å². The first-order chi connectivity index (χ1) is 8.52. The number of rotatable bonds is 3. The van der Waals surface area contributed by atoms with Gasteiger partial charge in [0.2, 0.25) is 0 Å². The smallest absolute Gasteiger partial charge is 0.338 e. The highest BCUT2D eigenvalue weighted by molar-refractivity contribution is 6.33. The zero-order valence-electron chi connectivity index (χ0n) is 9.22. The van der Waals surface area contributed by atoms with Crippen LogP contribution in [0.3, 0.4) is 0 Å². The third-order valence-corrected chi connectivity index (χ3v) is 3.32. The average molecular weight is 285 g/mol. The van der Waals surface area contributed by atoms with Gasteiger partial charge in [0.05, 0.1) is 0 Å². The summed E-state index contributed by atoms with van der Waals surface area (Å²) in [6, 6.07) is 8.48. The zero-order chi connectivity index (χ0) is 13.2. The lowest BCUT2D eigenvalue weighted by Crippen LogP contribution is -2.47. The van der Waals surface area contributed by atoms with Gasteiger partial charge in [-0.25, -0.2) is 0 Å². The molecule has 0 spiro atoms. The van der Waals surface area contributed by atoms with Crippen molar-refractivity contribution in [3.05, 3.63) is 63.7 Å². The van der Waals surface area contributed by atoms with Crippen LogP contribution >= 0.6 is 23.2 Å². The van der Waals surface area contributed by atoms with Gasteiger partial charge < -0.3 is 5.32 Å². The summed E-state index contributed by atoms with van der Waals surface area (Å²) in [4.78, 5) is 8.79. The highest BCUT2D eigenvalue weighted by Gasteiger charge is 2.47. The Kier molecular flexibility index (Phi) is 3.59. The SMILES string of the molecule is O=[N+]([O-])C1(Cl)C=C(Cl)C=CC1Nc1ccccc1. The van der Waals surface area contributed by atoms with Gasteiger partial charge in [0.25, 0.3) is 0 Å². The highest BCUT2D eigenvalue weighted by Crippen LogP contribution is 2.32. The molecule has 0 amide bonds. The minimum absolute atomic E-state index is 0.257. The van der Waals surface area contributed by atoms with Crippen LogP contribution in [0.2, 0.25) is 0 Å². The molecule has 0 saturated carbocycles. The first-order valence-electron chi connectivity index (χ1n) is 5.24. The number of nitro groups is 1. The molecule has 0 radical (unpaired) electrons. The van der Waals surface area contributed by atoms with Crippen molar-refractivity contribution in [1.82, 2.24) is 0 Å². The Bertz CT molecular complexity index is 516. The van der Waals surface area contributed by atoms with E-state index in [0.29, 0.717) is 0 Å². The van der Waals surface area contributed by atoms with Crippen molar-refractivity contribution in [3.8, 4) is 0 Å². The Hall–Kier alpha value is -1.52. The second-order valence-electron chi connectivity index (χ2n) is 3.86. The van der Waals surface area contributed by atoms with E-state index < -0.39 is 16.0 Å². The fraction of sp³-hybridized carbons (Fsp3) is 0.167. The van der Waals surface area contributed by atoms with Crippen molar-refractivity contribution in [2.24, 2.45) is 0 Å². The maximum absolute atomic E-state index is 11.1. The molecular formula is C12H10Cl2N2O2. The van der Waals surface area contributed by atoms with Crippen LogP contribution in [0.4, 0.5) is 5.69 Å². The van der Waals surface area contributed by atoms with Gasteiger partial charge >= 0.3 is 5.00 Å². The maximum Gasteiger partial charge on any atom is 0.338 e. The summed E-state index contributed by atoms with van der Waals surface area (Å²) in [6.07, 6.45) is 4.41. The van der Waals surface area contributed by atoms with E-state index in [2.05, 4.69) is 5.32 Å². The molecule has 0 saturated heterocycles. The Morgan fingerprint density at radius 3 is 2.61 bits per heavy atom. The number of nitrogens with zero attached hydrogens (tertiary/aromatic N) is 1. The van der Waals surface area contributed by atoms with Crippen LogP contribution in [-0.2, 0) is 0 Å².